The van der Waals surface area contributed by atoms with E-state index in [0.717, 1.165) is 18.4 Å². The van der Waals surface area contributed by atoms with Gasteiger partial charge in [-0.25, -0.2) is 0 Å². The molecule has 1 rings (SSSR count). The smallest absolute Gasteiger partial charge is 0.165 e. The van der Waals surface area contributed by atoms with Gasteiger partial charge >= 0.3 is 0 Å². The van der Waals surface area contributed by atoms with Crippen LogP contribution in [0.3, 0.4) is 0 Å². The zero-order chi connectivity index (χ0) is 11.1. The van der Waals surface area contributed by atoms with Gasteiger partial charge in [-0.3, -0.25) is 0 Å². The number of hydrogen-bond donors (Lipinski definition) is 1. The maximum Gasteiger partial charge on any atom is 0.165 e. The molecule has 0 saturated heterocycles. The molecule has 0 aliphatic rings. The second-order valence-electron chi connectivity index (χ2n) is 3.36. The molecule has 2 nitrogen and oxygen atoms in total. The van der Waals surface area contributed by atoms with E-state index < -0.39 is 6.10 Å². The summed E-state index contributed by atoms with van der Waals surface area (Å²) in [5.41, 5.74) is 1.78. The fraction of sp³-hybridized carbons (Fsp3) is 0.308. The topological polar surface area (TPSA) is 44.0 Å². The van der Waals surface area contributed by atoms with Crippen LogP contribution in [0.25, 0.3) is 0 Å². The highest BCUT2D eigenvalue weighted by Gasteiger charge is 2.04. The van der Waals surface area contributed by atoms with Gasteiger partial charge in [0.1, 0.15) is 0 Å². The van der Waals surface area contributed by atoms with Crippen molar-refractivity contribution in [3.63, 3.8) is 0 Å². The Labute approximate surface area is 90.5 Å². The van der Waals surface area contributed by atoms with Crippen molar-refractivity contribution in [2.45, 2.75) is 25.9 Å². The average Bonchev–Trinajstić information content (AvgIpc) is 2.29. The molecule has 0 fully saturated rings. The monoisotopic (exact) mass is 201 g/mol. The molecule has 0 amide bonds. The Hall–Kier alpha value is -1.59. The van der Waals surface area contributed by atoms with Crippen LogP contribution in [0.15, 0.2) is 36.4 Å². The highest BCUT2D eigenvalue weighted by Crippen LogP contribution is 2.14. The molecule has 0 spiro atoms. The van der Waals surface area contributed by atoms with E-state index in [1.165, 1.54) is 0 Å². The fourth-order valence-corrected chi connectivity index (χ4v) is 1.35. The van der Waals surface area contributed by atoms with Gasteiger partial charge in [0.25, 0.3) is 0 Å². The zero-order valence-corrected chi connectivity index (χ0v) is 8.85. The number of hydrogen-bond acceptors (Lipinski definition) is 2. The molecular formula is C13H15NO. The molecule has 78 valence electrons. The molecule has 1 atom stereocenters. The van der Waals surface area contributed by atoms with Gasteiger partial charge in [-0.2, -0.15) is 5.26 Å². The van der Waals surface area contributed by atoms with Crippen LogP contribution in [-0.2, 0) is 6.42 Å². The lowest BCUT2D eigenvalue weighted by molar-refractivity contribution is 0.236. The van der Waals surface area contributed by atoms with Crippen LogP contribution in [0.2, 0.25) is 0 Å². The maximum absolute atomic E-state index is 9.35. The highest BCUT2D eigenvalue weighted by atomic mass is 16.3. The Balaban J connectivity index is 2.75. The molecule has 15 heavy (non-hydrogen) atoms. The van der Waals surface area contributed by atoms with Crippen molar-refractivity contribution < 1.29 is 5.11 Å². The summed E-state index contributed by atoms with van der Waals surface area (Å²) in [5, 5.41) is 17.9. The van der Waals surface area contributed by atoms with Crippen LogP contribution >= 0.6 is 0 Å². The number of rotatable bonds is 4. The van der Waals surface area contributed by atoms with E-state index in [1.807, 2.05) is 24.3 Å². The van der Waals surface area contributed by atoms with Gasteiger partial charge in [0, 0.05) is 0 Å². The Bertz CT molecular complexity index is 376. The van der Waals surface area contributed by atoms with Gasteiger partial charge in [0.05, 0.1) is 6.07 Å². The van der Waals surface area contributed by atoms with Crippen LogP contribution in [0, 0.1) is 11.3 Å². The van der Waals surface area contributed by atoms with Crippen molar-refractivity contribution in [1.29, 1.82) is 5.26 Å². The molecule has 0 heterocycles. The van der Waals surface area contributed by atoms with Crippen molar-refractivity contribution in [3.05, 3.63) is 47.5 Å². The number of aliphatic hydroxyl groups is 1. The van der Waals surface area contributed by atoms with Crippen molar-refractivity contribution in [1.82, 2.24) is 0 Å². The van der Waals surface area contributed by atoms with E-state index in [0.29, 0.717) is 5.56 Å². The normalized spacial score (nSPS) is 12.6. The second-order valence-corrected chi connectivity index (χ2v) is 3.36. The summed E-state index contributed by atoms with van der Waals surface area (Å²) in [7, 11) is 0. The molecule has 1 aromatic rings. The number of nitriles is 1. The summed E-state index contributed by atoms with van der Waals surface area (Å²) in [4.78, 5) is 0. The Kier molecular flexibility index (Phi) is 4.59. The summed E-state index contributed by atoms with van der Waals surface area (Å²) < 4.78 is 0. The van der Waals surface area contributed by atoms with Crippen LogP contribution in [-0.4, -0.2) is 5.11 Å². The summed E-state index contributed by atoms with van der Waals surface area (Å²) >= 11 is 0. The average molecular weight is 201 g/mol. The fourth-order valence-electron chi connectivity index (χ4n) is 1.35. The molecule has 1 N–H and O–H groups in total. The zero-order valence-electron chi connectivity index (χ0n) is 8.85. The van der Waals surface area contributed by atoms with Crippen molar-refractivity contribution in [2.24, 2.45) is 0 Å². The Morgan fingerprint density at radius 1 is 1.47 bits per heavy atom. The first-order valence-electron chi connectivity index (χ1n) is 5.09. The molecule has 0 radical (unpaired) electrons. The Morgan fingerprint density at radius 3 is 2.93 bits per heavy atom. The third-order valence-electron chi connectivity index (χ3n) is 2.14. The molecule has 1 aromatic carbocycles. The summed E-state index contributed by atoms with van der Waals surface area (Å²) in [6.45, 7) is 2.09. The van der Waals surface area contributed by atoms with Gasteiger partial charge < -0.3 is 5.11 Å². The molecular weight excluding hydrogens is 186 g/mol. The maximum atomic E-state index is 9.35. The van der Waals surface area contributed by atoms with Gasteiger partial charge in [0.15, 0.2) is 6.10 Å². The van der Waals surface area contributed by atoms with E-state index >= 15 is 0 Å². The minimum Gasteiger partial charge on any atom is -0.374 e. The molecule has 2 heteroatoms. The lowest BCUT2D eigenvalue weighted by Crippen LogP contribution is -1.94. The number of aliphatic hydroxyl groups excluding tert-OH is 1. The van der Waals surface area contributed by atoms with Gasteiger partial charge in [0.2, 0.25) is 0 Å². The van der Waals surface area contributed by atoms with Crippen molar-refractivity contribution in [2.75, 3.05) is 0 Å². The predicted octanol–water partition coefficient (Wildman–Crippen LogP) is 2.75. The molecule has 0 saturated carbocycles. The van der Waals surface area contributed by atoms with Gasteiger partial charge in [-0.15, -0.1) is 0 Å². The van der Waals surface area contributed by atoms with Gasteiger partial charge in [-0.05, 0) is 24.0 Å². The van der Waals surface area contributed by atoms with Crippen molar-refractivity contribution >= 4 is 0 Å². The summed E-state index contributed by atoms with van der Waals surface area (Å²) in [5.74, 6) is 0. The predicted molar refractivity (Wildman–Crippen MR) is 60.1 cm³/mol. The number of nitrogens with zero attached hydrogens (tertiary/aromatic N) is 1. The number of allylic oxidation sites excluding steroid dienone is 2. The first-order valence-corrected chi connectivity index (χ1v) is 5.09. The third kappa shape index (κ3) is 3.57. The van der Waals surface area contributed by atoms with Crippen LogP contribution < -0.4 is 0 Å². The number of benzene rings is 1. The molecule has 0 aromatic heterocycles. The SMILES string of the molecule is CC/C=C/Cc1cccc(C(O)C#N)c1. The molecule has 0 aliphatic carbocycles. The minimum absolute atomic E-state index is 0.667. The molecule has 0 bridgehead atoms. The quantitative estimate of drug-likeness (QED) is 0.601. The first kappa shape index (κ1) is 11.5. The second kappa shape index (κ2) is 6.00. The standard InChI is InChI=1S/C13H15NO/c1-2-3-4-6-11-7-5-8-12(9-11)13(15)10-14/h3-5,7-9,13,15H,2,6H2,1H3/b4-3+. The van der Waals surface area contributed by atoms with Crippen LogP contribution in [0.5, 0.6) is 0 Å². The Morgan fingerprint density at radius 2 is 2.27 bits per heavy atom. The molecule has 0 aliphatic heterocycles. The van der Waals surface area contributed by atoms with E-state index in [4.69, 9.17) is 5.26 Å². The van der Waals surface area contributed by atoms with Crippen molar-refractivity contribution in [3.8, 4) is 6.07 Å². The van der Waals surface area contributed by atoms with Gasteiger partial charge in [-0.1, -0.05) is 43.3 Å². The highest BCUT2D eigenvalue weighted by molar-refractivity contribution is 5.29. The largest absolute Gasteiger partial charge is 0.374 e. The van der Waals surface area contributed by atoms with E-state index in [2.05, 4.69) is 19.1 Å². The van der Waals surface area contributed by atoms with E-state index in [1.54, 1.807) is 6.07 Å². The minimum atomic E-state index is -1.01. The van der Waals surface area contributed by atoms with Crippen LogP contribution in [0.1, 0.15) is 30.6 Å². The first-order chi connectivity index (χ1) is 7.27. The van der Waals surface area contributed by atoms with E-state index in [-0.39, 0.29) is 0 Å². The summed E-state index contributed by atoms with van der Waals surface area (Å²) in [6, 6.07) is 9.31. The third-order valence-corrected chi connectivity index (χ3v) is 2.14. The molecule has 1 unspecified atom stereocenters. The van der Waals surface area contributed by atoms with Crippen LogP contribution in [0.4, 0.5) is 0 Å². The van der Waals surface area contributed by atoms with E-state index in [9.17, 15) is 5.11 Å². The lowest BCUT2D eigenvalue weighted by atomic mass is 10.0. The summed E-state index contributed by atoms with van der Waals surface area (Å²) in [6.07, 6.45) is 5.06. The lowest BCUT2D eigenvalue weighted by Gasteiger charge is -2.03.